The molecule has 90 valence electrons. The number of hydrazone groups is 1. The molecule has 16 heavy (non-hydrogen) atoms. The highest BCUT2D eigenvalue weighted by molar-refractivity contribution is 5.81. The van der Waals surface area contributed by atoms with Crippen LogP contribution in [-0.2, 0) is 0 Å². The van der Waals surface area contributed by atoms with Gasteiger partial charge in [0.05, 0.1) is 0 Å². The zero-order valence-corrected chi connectivity index (χ0v) is 8.52. The van der Waals surface area contributed by atoms with Crippen LogP contribution in [0.2, 0.25) is 0 Å². The number of nitrogens with zero attached hydrogens (tertiary/aromatic N) is 4. The van der Waals surface area contributed by atoms with Crippen LogP contribution >= 0.6 is 0 Å². The van der Waals surface area contributed by atoms with E-state index in [1.165, 1.54) is 0 Å². The van der Waals surface area contributed by atoms with Crippen LogP contribution in [0.25, 0.3) is 0 Å². The molecule has 0 atom stereocenters. The fourth-order valence-electron chi connectivity index (χ4n) is 1.09. The van der Waals surface area contributed by atoms with Gasteiger partial charge in [-0.3, -0.25) is 5.01 Å². The number of aromatic nitrogens is 3. The monoisotopic (exact) mass is 231 g/mol. The van der Waals surface area contributed by atoms with Crippen molar-refractivity contribution in [2.24, 2.45) is 22.6 Å². The molecule has 0 aliphatic carbocycles. The Hall–Kier alpha value is -1.94. The van der Waals surface area contributed by atoms with Crippen molar-refractivity contribution in [3.63, 3.8) is 0 Å². The lowest BCUT2D eigenvalue weighted by Crippen LogP contribution is -2.35. The van der Waals surface area contributed by atoms with Gasteiger partial charge in [-0.2, -0.15) is 14.7 Å². The Kier molecular flexibility index (Phi) is 4.42. The Bertz CT molecular complexity index is 348. The van der Waals surface area contributed by atoms with Crippen LogP contribution in [0.5, 0.6) is 0 Å². The van der Waals surface area contributed by atoms with Crippen molar-refractivity contribution in [3.8, 4) is 0 Å². The van der Waals surface area contributed by atoms with Gasteiger partial charge in [0.25, 0.3) is 5.95 Å². The summed E-state index contributed by atoms with van der Waals surface area (Å²) < 4.78 is 12.9. The first kappa shape index (κ1) is 12.1. The second-order valence-electron chi connectivity index (χ2n) is 2.96. The molecule has 1 aromatic heterocycles. The van der Waals surface area contributed by atoms with Crippen molar-refractivity contribution in [2.45, 2.75) is 12.8 Å². The molecule has 1 heterocycles. The number of hydrogen-bond donors (Lipinski definition) is 5. The summed E-state index contributed by atoms with van der Waals surface area (Å²) in [5, 5.41) is 13.4. The lowest BCUT2D eigenvalue weighted by molar-refractivity contribution is 0.573. The standard InChI is InChI=1S/C6H14FN9/c7-5-6(14-15-13-5)16(10)3-1-2-4(11-8)12-9/h1-3,8-10H2,(H,11,12)(H,13,14,15). The van der Waals surface area contributed by atoms with Crippen molar-refractivity contribution >= 4 is 11.7 Å². The maximum atomic E-state index is 12.9. The molecule has 0 saturated carbocycles. The number of nitrogens with one attached hydrogen (secondary N) is 2. The second kappa shape index (κ2) is 5.82. The van der Waals surface area contributed by atoms with E-state index in [0.717, 1.165) is 5.01 Å². The van der Waals surface area contributed by atoms with Gasteiger partial charge in [-0.1, -0.05) is 0 Å². The van der Waals surface area contributed by atoms with Crippen LogP contribution in [0.15, 0.2) is 5.10 Å². The number of amidine groups is 1. The molecule has 8 N–H and O–H groups in total. The third-order valence-electron chi connectivity index (χ3n) is 1.90. The summed E-state index contributed by atoms with van der Waals surface area (Å²) in [4.78, 5) is 0. The van der Waals surface area contributed by atoms with Gasteiger partial charge in [0.2, 0.25) is 5.82 Å². The van der Waals surface area contributed by atoms with Crippen molar-refractivity contribution in [2.75, 3.05) is 11.6 Å². The third-order valence-corrected chi connectivity index (χ3v) is 1.90. The number of anilines is 1. The van der Waals surface area contributed by atoms with E-state index in [1.807, 2.05) is 0 Å². The lowest BCUT2D eigenvalue weighted by Gasteiger charge is -2.14. The van der Waals surface area contributed by atoms with Gasteiger partial charge in [0, 0.05) is 13.0 Å². The van der Waals surface area contributed by atoms with Crippen molar-refractivity contribution < 1.29 is 4.39 Å². The van der Waals surface area contributed by atoms with Gasteiger partial charge >= 0.3 is 0 Å². The highest BCUT2D eigenvalue weighted by Crippen LogP contribution is 2.09. The Morgan fingerprint density at radius 2 is 2.31 bits per heavy atom. The third kappa shape index (κ3) is 3.03. The van der Waals surface area contributed by atoms with Gasteiger partial charge in [0.1, 0.15) is 5.84 Å². The zero-order chi connectivity index (χ0) is 12.0. The average Bonchev–Trinajstić information content (AvgIpc) is 2.70. The normalized spacial score (nSPS) is 11.6. The Morgan fingerprint density at radius 1 is 1.56 bits per heavy atom. The Labute approximate surface area is 90.8 Å². The summed E-state index contributed by atoms with van der Waals surface area (Å²) in [5.74, 6) is 15.4. The van der Waals surface area contributed by atoms with Crippen LogP contribution in [0, 0.1) is 5.95 Å². The second-order valence-corrected chi connectivity index (χ2v) is 2.96. The Morgan fingerprint density at radius 3 is 2.81 bits per heavy atom. The number of halogens is 1. The van der Waals surface area contributed by atoms with Crippen LogP contribution in [-0.4, -0.2) is 27.8 Å². The maximum absolute atomic E-state index is 12.9. The molecule has 0 aliphatic heterocycles. The van der Waals surface area contributed by atoms with E-state index in [0.29, 0.717) is 25.2 Å². The molecule has 0 amide bonds. The minimum atomic E-state index is -0.743. The number of aromatic amines is 1. The van der Waals surface area contributed by atoms with Crippen LogP contribution in [0.3, 0.4) is 0 Å². The number of hydrazine groups is 2. The van der Waals surface area contributed by atoms with Gasteiger partial charge in [-0.15, -0.1) is 10.2 Å². The number of hydrogen-bond acceptors (Lipinski definition) is 7. The summed E-state index contributed by atoms with van der Waals surface area (Å²) in [7, 11) is 0. The van der Waals surface area contributed by atoms with E-state index in [2.05, 4.69) is 25.9 Å². The van der Waals surface area contributed by atoms with Gasteiger partial charge in [0.15, 0.2) is 0 Å². The van der Waals surface area contributed by atoms with Crippen LogP contribution in [0.1, 0.15) is 12.8 Å². The lowest BCUT2D eigenvalue weighted by atomic mass is 10.3. The van der Waals surface area contributed by atoms with Crippen molar-refractivity contribution in [1.82, 2.24) is 20.8 Å². The summed E-state index contributed by atoms with van der Waals surface area (Å²) >= 11 is 0. The van der Waals surface area contributed by atoms with E-state index in [9.17, 15) is 4.39 Å². The highest BCUT2D eigenvalue weighted by atomic mass is 19.1. The molecule has 0 spiro atoms. The number of H-pyrrole nitrogens is 1. The summed E-state index contributed by atoms with van der Waals surface area (Å²) in [6, 6.07) is 0. The van der Waals surface area contributed by atoms with Gasteiger partial charge in [-0.25, -0.2) is 11.7 Å². The SMILES string of the molecule is N/N=C(/CCCN(N)c1n[nH]nc1F)NN. The molecule has 9 nitrogen and oxygen atoms in total. The molecule has 0 radical (unpaired) electrons. The van der Waals surface area contributed by atoms with E-state index in [-0.39, 0.29) is 5.82 Å². The quantitative estimate of drug-likeness (QED) is 0.173. The van der Waals surface area contributed by atoms with Crippen molar-refractivity contribution in [1.29, 1.82) is 0 Å². The summed E-state index contributed by atoms with van der Waals surface area (Å²) in [5.41, 5.74) is 2.33. The van der Waals surface area contributed by atoms with Crippen LogP contribution in [0.4, 0.5) is 10.2 Å². The molecule has 10 heteroatoms. The smallest absolute Gasteiger partial charge is 0.277 e. The predicted octanol–water partition coefficient (Wildman–Crippen LogP) is -1.86. The topological polar surface area (TPSA) is 147 Å². The van der Waals surface area contributed by atoms with Gasteiger partial charge in [-0.05, 0) is 6.42 Å². The molecule has 0 aromatic carbocycles. The largest absolute Gasteiger partial charge is 0.322 e. The summed E-state index contributed by atoms with van der Waals surface area (Å²) in [6.45, 7) is 0.365. The van der Waals surface area contributed by atoms with Crippen molar-refractivity contribution in [3.05, 3.63) is 5.95 Å². The Balaban J connectivity index is 2.36. The predicted molar refractivity (Wildman–Crippen MR) is 56.1 cm³/mol. The first-order valence-corrected chi connectivity index (χ1v) is 4.51. The average molecular weight is 231 g/mol. The van der Waals surface area contributed by atoms with E-state index >= 15 is 0 Å². The fraction of sp³-hybridized carbons (Fsp3) is 0.500. The molecule has 0 unspecified atom stereocenters. The van der Waals surface area contributed by atoms with Crippen LogP contribution < -0.4 is 28.0 Å². The van der Waals surface area contributed by atoms with E-state index in [4.69, 9.17) is 17.5 Å². The maximum Gasteiger partial charge on any atom is 0.277 e. The molecule has 0 saturated heterocycles. The van der Waals surface area contributed by atoms with E-state index in [1.54, 1.807) is 0 Å². The van der Waals surface area contributed by atoms with Gasteiger partial charge < -0.3 is 11.3 Å². The molecule has 0 fully saturated rings. The fourth-order valence-corrected chi connectivity index (χ4v) is 1.09. The molecule has 0 bridgehead atoms. The number of nitrogens with two attached hydrogens (primary N) is 3. The zero-order valence-electron chi connectivity index (χ0n) is 8.52. The molecule has 0 aliphatic rings. The molecule has 1 rings (SSSR count). The minimum absolute atomic E-state index is 0.0352. The summed E-state index contributed by atoms with van der Waals surface area (Å²) in [6.07, 6.45) is 1.09. The van der Waals surface area contributed by atoms with E-state index < -0.39 is 5.95 Å². The molecule has 1 aromatic rings. The molecular weight excluding hydrogens is 217 g/mol. The highest BCUT2D eigenvalue weighted by Gasteiger charge is 2.12. The minimum Gasteiger partial charge on any atom is -0.322 e. The number of rotatable bonds is 5. The first-order chi connectivity index (χ1) is 7.69. The first-order valence-electron chi connectivity index (χ1n) is 4.51. The molecular formula is C6H14FN9.